The lowest BCUT2D eigenvalue weighted by molar-refractivity contribution is 0.171. The lowest BCUT2D eigenvalue weighted by Gasteiger charge is -2.19. The molecule has 0 spiro atoms. The van der Waals surface area contributed by atoms with E-state index in [9.17, 15) is 8.42 Å². The summed E-state index contributed by atoms with van der Waals surface area (Å²) in [5.41, 5.74) is 1.05. The van der Waals surface area contributed by atoms with E-state index >= 15 is 0 Å². The van der Waals surface area contributed by atoms with Crippen molar-refractivity contribution in [3.05, 3.63) is 42.0 Å². The summed E-state index contributed by atoms with van der Waals surface area (Å²) < 4.78 is 49.0. The maximum absolute atomic E-state index is 12.4. The number of nitrogens with one attached hydrogen (secondary N) is 1. The number of aryl methyl sites for hydroxylation is 1. The normalized spacial score (nSPS) is 13.3. The van der Waals surface area contributed by atoms with Crippen molar-refractivity contribution in [3.8, 4) is 23.0 Å². The van der Waals surface area contributed by atoms with E-state index in [-0.39, 0.29) is 18.0 Å². The van der Waals surface area contributed by atoms with Crippen LogP contribution in [0.5, 0.6) is 23.0 Å². The van der Waals surface area contributed by atoms with Gasteiger partial charge in [-0.2, -0.15) is 0 Å². The van der Waals surface area contributed by atoms with Crippen LogP contribution in [0.3, 0.4) is 0 Å². The standard InChI is InChI=1S/C18H21NO6S/c1-13-3-5-15(17(11-13)22-2)23-8-7-19-26(20,21)14-4-6-16-18(12-14)25-10-9-24-16/h3-6,11-12,19H,7-10H2,1-2H3. The molecule has 0 atom stereocenters. The first kappa shape index (κ1) is 18.3. The number of benzene rings is 2. The molecule has 26 heavy (non-hydrogen) atoms. The first-order valence-corrected chi connectivity index (χ1v) is 9.65. The Hall–Kier alpha value is -2.45. The van der Waals surface area contributed by atoms with Gasteiger partial charge in [0.2, 0.25) is 10.0 Å². The molecule has 0 amide bonds. The molecule has 0 fully saturated rings. The largest absolute Gasteiger partial charge is 0.493 e. The summed E-state index contributed by atoms with van der Waals surface area (Å²) >= 11 is 0. The van der Waals surface area contributed by atoms with Crippen molar-refractivity contribution in [2.45, 2.75) is 11.8 Å². The fraction of sp³-hybridized carbons (Fsp3) is 0.333. The molecule has 2 aromatic rings. The van der Waals surface area contributed by atoms with Crippen molar-refractivity contribution < 1.29 is 27.4 Å². The third-order valence-corrected chi connectivity index (χ3v) is 5.25. The molecule has 140 valence electrons. The van der Waals surface area contributed by atoms with E-state index in [1.165, 1.54) is 12.1 Å². The quantitative estimate of drug-likeness (QED) is 0.742. The van der Waals surface area contributed by atoms with E-state index in [0.29, 0.717) is 36.2 Å². The van der Waals surface area contributed by atoms with Crippen LogP contribution in [0.2, 0.25) is 0 Å². The third kappa shape index (κ3) is 4.20. The van der Waals surface area contributed by atoms with E-state index in [0.717, 1.165) is 5.56 Å². The van der Waals surface area contributed by atoms with Crippen LogP contribution in [0, 0.1) is 6.92 Å². The summed E-state index contributed by atoms with van der Waals surface area (Å²) in [5, 5.41) is 0. The minimum absolute atomic E-state index is 0.119. The average molecular weight is 379 g/mol. The number of ether oxygens (including phenoxy) is 4. The topological polar surface area (TPSA) is 83.1 Å². The molecule has 1 N–H and O–H groups in total. The Balaban J connectivity index is 1.59. The molecule has 7 nitrogen and oxygen atoms in total. The van der Waals surface area contributed by atoms with Crippen molar-refractivity contribution >= 4 is 10.0 Å². The van der Waals surface area contributed by atoms with Gasteiger partial charge in [-0.25, -0.2) is 13.1 Å². The van der Waals surface area contributed by atoms with Gasteiger partial charge in [-0.1, -0.05) is 6.07 Å². The van der Waals surface area contributed by atoms with Crippen LogP contribution in [0.25, 0.3) is 0 Å². The highest BCUT2D eigenvalue weighted by Crippen LogP contribution is 2.32. The van der Waals surface area contributed by atoms with Gasteiger partial charge in [0.1, 0.15) is 19.8 Å². The van der Waals surface area contributed by atoms with E-state index in [1.54, 1.807) is 19.2 Å². The van der Waals surface area contributed by atoms with Crippen molar-refractivity contribution in [2.75, 3.05) is 33.5 Å². The second-order valence-corrected chi connectivity index (χ2v) is 7.47. The molecule has 1 aliphatic rings. The first-order chi connectivity index (χ1) is 12.5. The summed E-state index contributed by atoms with van der Waals surface area (Å²) in [5.74, 6) is 2.15. The highest BCUT2D eigenvalue weighted by atomic mass is 32.2. The van der Waals surface area contributed by atoms with Crippen molar-refractivity contribution in [2.24, 2.45) is 0 Å². The van der Waals surface area contributed by atoms with E-state index in [1.807, 2.05) is 19.1 Å². The van der Waals surface area contributed by atoms with Crippen LogP contribution in [0.15, 0.2) is 41.3 Å². The Labute approximate surface area is 152 Å². The highest BCUT2D eigenvalue weighted by molar-refractivity contribution is 7.89. The molecule has 2 aromatic carbocycles. The zero-order valence-electron chi connectivity index (χ0n) is 14.7. The van der Waals surface area contributed by atoms with E-state index in [4.69, 9.17) is 18.9 Å². The molecule has 0 aliphatic carbocycles. The summed E-state index contributed by atoms with van der Waals surface area (Å²) in [6, 6.07) is 10.1. The fourth-order valence-electron chi connectivity index (χ4n) is 2.51. The summed E-state index contributed by atoms with van der Waals surface area (Å²) in [7, 11) is -2.11. The van der Waals surface area contributed by atoms with Gasteiger partial charge in [0, 0.05) is 12.6 Å². The van der Waals surface area contributed by atoms with Crippen molar-refractivity contribution in [3.63, 3.8) is 0 Å². The average Bonchev–Trinajstić information content (AvgIpc) is 2.65. The van der Waals surface area contributed by atoms with Crippen LogP contribution in [0.4, 0.5) is 0 Å². The number of methoxy groups -OCH3 is 1. The predicted molar refractivity (Wildman–Crippen MR) is 95.8 cm³/mol. The minimum Gasteiger partial charge on any atom is -0.493 e. The molecule has 1 aliphatic heterocycles. The molecule has 1 heterocycles. The summed E-state index contributed by atoms with van der Waals surface area (Å²) in [4.78, 5) is 0.120. The highest BCUT2D eigenvalue weighted by Gasteiger charge is 2.19. The van der Waals surface area contributed by atoms with Gasteiger partial charge < -0.3 is 18.9 Å². The maximum Gasteiger partial charge on any atom is 0.240 e. The molecule has 0 aromatic heterocycles. The summed E-state index contributed by atoms with van der Waals surface area (Å²) in [6.07, 6.45) is 0. The lowest BCUT2D eigenvalue weighted by Crippen LogP contribution is -2.28. The Kier molecular flexibility index (Phi) is 5.53. The van der Waals surface area contributed by atoms with Gasteiger partial charge >= 0.3 is 0 Å². The second-order valence-electron chi connectivity index (χ2n) is 5.71. The number of hydrogen-bond donors (Lipinski definition) is 1. The SMILES string of the molecule is COc1cc(C)ccc1OCCNS(=O)(=O)c1ccc2c(c1)OCCO2. The maximum atomic E-state index is 12.4. The number of hydrogen-bond acceptors (Lipinski definition) is 6. The summed E-state index contributed by atoms with van der Waals surface area (Å²) in [6.45, 7) is 3.10. The Morgan fingerprint density at radius 3 is 2.58 bits per heavy atom. The third-order valence-electron chi connectivity index (χ3n) is 3.79. The first-order valence-electron chi connectivity index (χ1n) is 8.16. The molecule has 0 unspecified atom stereocenters. The molecule has 0 radical (unpaired) electrons. The number of rotatable bonds is 7. The van der Waals surface area contributed by atoms with Crippen LogP contribution in [0.1, 0.15) is 5.56 Å². The molecular weight excluding hydrogens is 358 g/mol. The van der Waals surface area contributed by atoms with Gasteiger partial charge in [0.05, 0.1) is 12.0 Å². The van der Waals surface area contributed by atoms with E-state index < -0.39 is 10.0 Å². The van der Waals surface area contributed by atoms with Gasteiger partial charge in [-0.3, -0.25) is 0 Å². The van der Waals surface area contributed by atoms with E-state index in [2.05, 4.69) is 4.72 Å². The van der Waals surface area contributed by atoms with Gasteiger partial charge in [0.25, 0.3) is 0 Å². The Morgan fingerprint density at radius 1 is 1.04 bits per heavy atom. The predicted octanol–water partition coefficient (Wildman–Crippen LogP) is 2.13. The molecular formula is C18H21NO6S. The molecule has 8 heteroatoms. The smallest absolute Gasteiger partial charge is 0.240 e. The van der Waals surface area contributed by atoms with Crippen molar-refractivity contribution in [1.82, 2.24) is 4.72 Å². The van der Waals surface area contributed by atoms with Crippen LogP contribution in [-0.2, 0) is 10.0 Å². The van der Waals surface area contributed by atoms with Crippen LogP contribution < -0.4 is 23.7 Å². The van der Waals surface area contributed by atoms with Gasteiger partial charge in [0.15, 0.2) is 23.0 Å². The number of fused-ring (bicyclic) bond motifs is 1. The second kappa shape index (κ2) is 7.84. The van der Waals surface area contributed by atoms with Crippen LogP contribution >= 0.6 is 0 Å². The minimum atomic E-state index is -3.67. The Bertz CT molecular complexity index is 881. The fourth-order valence-corrected chi connectivity index (χ4v) is 3.53. The Morgan fingerprint density at radius 2 is 1.81 bits per heavy atom. The molecule has 3 rings (SSSR count). The lowest BCUT2D eigenvalue weighted by atomic mass is 10.2. The molecule has 0 saturated carbocycles. The monoisotopic (exact) mass is 379 g/mol. The zero-order valence-corrected chi connectivity index (χ0v) is 15.5. The number of sulfonamides is 1. The van der Waals surface area contributed by atoms with Gasteiger partial charge in [-0.15, -0.1) is 0 Å². The van der Waals surface area contributed by atoms with Crippen molar-refractivity contribution in [1.29, 1.82) is 0 Å². The molecule has 0 bridgehead atoms. The zero-order chi connectivity index (χ0) is 18.6. The van der Waals surface area contributed by atoms with Crippen LogP contribution in [-0.4, -0.2) is 41.9 Å². The molecule has 0 saturated heterocycles. The van der Waals surface area contributed by atoms with Gasteiger partial charge in [-0.05, 0) is 36.8 Å².